The Morgan fingerprint density at radius 3 is 2.70 bits per heavy atom. The van der Waals surface area contributed by atoms with Gasteiger partial charge in [-0.3, -0.25) is 4.68 Å². The average molecular weight is 270 g/mol. The van der Waals surface area contributed by atoms with Gasteiger partial charge in [-0.15, -0.1) is 0 Å². The Balaban J connectivity index is 2.40. The minimum atomic E-state index is -1.29. The molecule has 0 unspecified atom stereocenters. The smallest absolute Gasteiger partial charge is 0.118 e. The second kappa shape index (κ2) is 5.89. The first-order valence-corrected chi connectivity index (χ1v) is 5.96. The van der Waals surface area contributed by atoms with Gasteiger partial charge >= 0.3 is 0 Å². The van der Waals surface area contributed by atoms with Crippen molar-refractivity contribution in [2.75, 3.05) is 7.11 Å². The van der Waals surface area contributed by atoms with Gasteiger partial charge in [-0.1, -0.05) is 0 Å². The highest BCUT2D eigenvalue weighted by Crippen LogP contribution is 2.24. The molecule has 0 bridgehead atoms. The molecule has 1 aromatic carbocycles. The lowest BCUT2D eigenvalue weighted by molar-refractivity contribution is -0.254. The molecule has 0 saturated carbocycles. The van der Waals surface area contributed by atoms with Crippen LogP contribution in [0.5, 0.6) is 5.75 Å². The number of aromatic carboxylic acids is 1. The molecule has 2 rings (SSSR count). The van der Waals surface area contributed by atoms with Crippen molar-refractivity contribution in [1.29, 1.82) is 5.26 Å². The summed E-state index contributed by atoms with van der Waals surface area (Å²) in [5.41, 5.74) is 0.986. The van der Waals surface area contributed by atoms with Crippen molar-refractivity contribution >= 4 is 5.97 Å². The molecular formula is C14H12N3O3-. The number of carbonyl (C=O) groups excluding carboxylic acids is 1. The third-order valence-electron chi connectivity index (χ3n) is 2.80. The van der Waals surface area contributed by atoms with E-state index in [1.54, 1.807) is 31.4 Å². The second-order valence-electron chi connectivity index (χ2n) is 4.08. The highest BCUT2D eigenvalue weighted by molar-refractivity contribution is 5.93. The lowest BCUT2D eigenvalue weighted by Crippen LogP contribution is -2.22. The first kappa shape index (κ1) is 13.6. The summed E-state index contributed by atoms with van der Waals surface area (Å²) in [6.45, 7) is 0.340. The normalized spacial score (nSPS) is 10.0. The van der Waals surface area contributed by atoms with E-state index in [2.05, 4.69) is 5.10 Å². The molecule has 20 heavy (non-hydrogen) atoms. The molecule has 6 heteroatoms. The molecular weight excluding hydrogens is 258 g/mol. The zero-order valence-corrected chi connectivity index (χ0v) is 10.9. The third kappa shape index (κ3) is 2.78. The quantitative estimate of drug-likeness (QED) is 0.802. The first-order valence-electron chi connectivity index (χ1n) is 5.96. The average Bonchev–Trinajstić information content (AvgIpc) is 2.89. The summed E-state index contributed by atoms with van der Waals surface area (Å²) >= 11 is 0. The molecule has 1 heterocycles. The lowest BCUT2D eigenvalue weighted by Gasteiger charge is -2.04. The summed E-state index contributed by atoms with van der Waals surface area (Å²) in [5, 5.41) is 23.9. The zero-order chi connectivity index (χ0) is 14.5. The summed E-state index contributed by atoms with van der Waals surface area (Å²) in [4.78, 5) is 11.2. The van der Waals surface area contributed by atoms with Crippen molar-refractivity contribution < 1.29 is 14.6 Å². The number of hydrogen-bond acceptors (Lipinski definition) is 5. The van der Waals surface area contributed by atoms with Gasteiger partial charge in [0.15, 0.2) is 0 Å². The Hall–Kier alpha value is -2.81. The van der Waals surface area contributed by atoms with Crippen LogP contribution in [0.3, 0.4) is 0 Å². The van der Waals surface area contributed by atoms with Crippen LogP contribution < -0.4 is 9.84 Å². The maximum atomic E-state index is 11.2. The zero-order valence-electron chi connectivity index (χ0n) is 10.9. The number of carboxylic acids is 1. The fourth-order valence-electron chi connectivity index (χ4n) is 1.81. The van der Waals surface area contributed by atoms with E-state index in [1.807, 2.05) is 6.07 Å². The predicted molar refractivity (Wildman–Crippen MR) is 68.8 cm³/mol. The van der Waals surface area contributed by atoms with E-state index in [9.17, 15) is 9.90 Å². The number of benzene rings is 1. The Morgan fingerprint density at radius 2 is 2.15 bits per heavy atom. The lowest BCUT2D eigenvalue weighted by atomic mass is 10.1. The van der Waals surface area contributed by atoms with E-state index >= 15 is 0 Å². The first-order chi connectivity index (χ1) is 9.65. The minimum absolute atomic E-state index is 0.00751. The number of aromatic nitrogens is 2. The molecule has 0 aliphatic heterocycles. The van der Waals surface area contributed by atoms with E-state index in [0.29, 0.717) is 23.6 Å². The van der Waals surface area contributed by atoms with Gasteiger partial charge in [-0.2, -0.15) is 10.4 Å². The molecule has 0 radical (unpaired) electrons. The van der Waals surface area contributed by atoms with Crippen molar-refractivity contribution in [3.63, 3.8) is 0 Å². The molecule has 0 saturated heterocycles. The van der Waals surface area contributed by atoms with Gasteiger partial charge < -0.3 is 14.6 Å². The number of methoxy groups -OCH3 is 1. The number of hydrogen-bond donors (Lipinski definition) is 0. The highest BCUT2D eigenvalue weighted by atomic mass is 16.5. The summed E-state index contributed by atoms with van der Waals surface area (Å²) < 4.78 is 6.49. The van der Waals surface area contributed by atoms with Crippen molar-refractivity contribution in [3.8, 4) is 23.1 Å². The predicted octanol–water partition coefficient (Wildman–Crippen LogP) is 0.836. The highest BCUT2D eigenvalue weighted by Gasteiger charge is 2.12. The fraction of sp³-hybridized carbons (Fsp3) is 0.214. The molecule has 0 atom stereocenters. The second-order valence-corrected chi connectivity index (χ2v) is 4.08. The van der Waals surface area contributed by atoms with E-state index in [0.717, 1.165) is 0 Å². The Labute approximate surface area is 115 Å². The van der Waals surface area contributed by atoms with Crippen LogP contribution in [0.2, 0.25) is 0 Å². The largest absolute Gasteiger partial charge is 0.545 e. The van der Waals surface area contributed by atoms with E-state index in [4.69, 9.17) is 10.00 Å². The van der Waals surface area contributed by atoms with Gasteiger partial charge in [-0.25, -0.2) is 0 Å². The molecule has 2 aromatic rings. The van der Waals surface area contributed by atoms with E-state index < -0.39 is 5.97 Å². The van der Waals surface area contributed by atoms with E-state index in [1.165, 1.54) is 10.9 Å². The van der Waals surface area contributed by atoms with Crippen LogP contribution in [0.15, 0.2) is 30.5 Å². The van der Waals surface area contributed by atoms with Crippen LogP contribution in [0.4, 0.5) is 0 Å². The van der Waals surface area contributed by atoms with Crippen LogP contribution in [-0.4, -0.2) is 22.9 Å². The van der Waals surface area contributed by atoms with Gasteiger partial charge in [0.25, 0.3) is 0 Å². The standard InChI is InChI=1S/C14H13N3O3/c1-20-11-5-3-10(4-6-11)13-12(14(18)19)9-17(16-13)8-2-7-15/h3-6,9H,2,8H2,1H3,(H,18,19)/p-1. The van der Waals surface area contributed by atoms with Crippen molar-refractivity contribution in [1.82, 2.24) is 9.78 Å². The summed E-state index contributed by atoms with van der Waals surface area (Å²) in [6.07, 6.45) is 1.64. The maximum absolute atomic E-state index is 11.2. The van der Waals surface area contributed by atoms with E-state index in [-0.39, 0.29) is 12.0 Å². The molecule has 0 N–H and O–H groups in total. The number of rotatable bonds is 5. The van der Waals surface area contributed by atoms with Gasteiger partial charge in [0.1, 0.15) is 11.4 Å². The SMILES string of the molecule is COc1ccc(-c2nn(CCC#N)cc2C(=O)[O-])cc1. The van der Waals surface area contributed by atoms with Crippen LogP contribution >= 0.6 is 0 Å². The van der Waals surface area contributed by atoms with Crippen molar-refractivity contribution in [2.24, 2.45) is 0 Å². The van der Waals surface area contributed by atoms with Gasteiger partial charge in [0.2, 0.25) is 0 Å². The fourth-order valence-corrected chi connectivity index (χ4v) is 1.81. The number of nitriles is 1. The summed E-state index contributed by atoms with van der Waals surface area (Å²) in [5.74, 6) is -0.619. The topological polar surface area (TPSA) is 91.0 Å². The van der Waals surface area contributed by atoms with Gasteiger partial charge in [-0.05, 0) is 24.3 Å². The summed E-state index contributed by atoms with van der Waals surface area (Å²) in [7, 11) is 1.55. The molecule has 0 fully saturated rings. The Morgan fingerprint density at radius 1 is 1.45 bits per heavy atom. The Bertz CT molecular complexity index is 653. The minimum Gasteiger partial charge on any atom is -0.545 e. The van der Waals surface area contributed by atoms with Gasteiger partial charge in [0, 0.05) is 17.3 Å². The monoisotopic (exact) mass is 270 g/mol. The number of nitrogens with zero attached hydrogens (tertiary/aromatic N) is 3. The number of aryl methyl sites for hydroxylation is 1. The number of carbonyl (C=O) groups is 1. The maximum Gasteiger partial charge on any atom is 0.118 e. The summed E-state index contributed by atoms with van der Waals surface area (Å²) in [6, 6.07) is 8.89. The van der Waals surface area contributed by atoms with Crippen LogP contribution in [-0.2, 0) is 6.54 Å². The molecule has 0 amide bonds. The van der Waals surface area contributed by atoms with Crippen LogP contribution in [0.1, 0.15) is 16.8 Å². The van der Waals surface area contributed by atoms with Gasteiger partial charge in [0.05, 0.1) is 32.1 Å². The molecule has 0 aliphatic carbocycles. The Kier molecular flexibility index (Phi) is 4.01. The molecule has 1 aromatic heterocycles. The van der Waals surface area contributed by atoms with Crippen LogP contribution in [0, 0.1) is 11.3 Å². The third-order valence-corrected chi connectivity index (χ3v) is 2.80. The molecule has 0 spiro atoms. The molecule has 102 valence electrons. The number of carboxylic acid groups (broad SMARTS) is 1. The van der Waals surface area contributed by atoms with Crippen molar-refractivity contribution in [2.45, 2.75) is 13.0 Å². The number of ether oxygens (including phenoxy) is 1. The van der Waals surface area contributed by atoms with Crippen molar-refractivity contribution in [3.05, 3.63) is 36.0 Å². The molecule has 0 aliphatic rings. The molecule has 6 nitrogen and oxygen atoms in total. The van der Waals surface area contributed by atoms with Crippen LogP contribution in [0.25, 0.3) is 11.3 Å².